The number of likely N-dealkylation sites (tertiary alicyclic amines) is 1. The second-order valence-corrected chi connectivity index (χ2v) is 5.61. The van der Waals surface area contributed by atoms with Crippen molar-refractivity contribution in [2.24, 2.45) is 11.8 Å². The minimum absolute atomic E-state index is 0.0150. The zero-order valence-corrected chi connectivity index (χ0v) is 11.2. The molecule has 1 aliphatic heterocycles. The van der Waals surface area contributed by atoms with Crippen LogP contribution in [0.3, 0.4) is 0 Å². The average molecular weight is 279 g/mol. The van der Waals surface area contributed by atoms with Gasteiger partial charge in [-0.15, -0.1) is 5.10 Å². The number of nitrogens with one attached hydrogen (secondary N) is 1. The predicted octanol–water partition coefficient (Wildman–Crippen LogP) is 0.199. The van der Waals surface area contributed by atoms with Gasteiger partial charge in [-0.05, 0) is 18.3 Å². The van der Waals surface area contributed by atoms with Gasteiger partial charge in [0.15, 0.2) is 5.69 Å². The molecule has 2 fully saturated rings. The fraction of sp³-hybridized carbons (Fsp3) is 0.667. The van der Waals surface area contributed by atoms with Crippen LogP contribution < -0.4 is 5.32 Å². The number of hydrogen-bond acceptors (Lipinski definition) is 4. The molecule has 3 rings (SSSR count). The van der Waals surface area contributed by atoms with Gasteiger partial charge < -0.3 is 15.3 Å². The summed E-state index contributed by atoms with van der Waals surface area (Å²) < 4.78 is 1.51. The smallest absolute Gasteiger partial charge is 0.358 e. The molecule has 8 nitrogen and oxygen atoms in total. The third-order valence-electron chi connectivity index (χ3n) is 4.04. The molecule has 20 heavy (non-hydrogen) atoms. The first-order chi connectivity index (χ1) is 9.54. The first-order valence-corrected chi connectivity index (χ1v) is 6.72. The van der Waals surface area contributed by atoms with Crippen LogP contribution >= 0.6 is 0 Å². The lowest BCUT2D eigenvalue weighted by molar-refractivity contribution is 0.0690. The zero-order chi connectivity index (χ0) is 14.3. The Hall–Kier alpha value is -2.12. The maximum Gasteiger partial charge on any atom is 0.358 e. The molecule has 2 amide bonds. The summed E-state index contributed by atoms with van der Waals surface area (Å²) in [5.41, 5.74) is -0.0735. The lowest BCUT2D eigenvalue weighted by Gasteiger charge is -2.38. The maximum atomic E-state index is 11.8. The summed E-state index contributed by atoms with van der Waals surface area (Å²) in [5.74, 6) is 0.261. The standard InChI is InChI=1S/C12H17N5O3/c1-7-2-8(7)3-13-12(20)16-4-9(5-16)17-6-10(11(18)19)14-15-17/h6-9H,2-5H2,1H3,(H,13,20)(H,18,19). The van der Waals surface area contributed by atoms with Crippen LogP contribution in [0.4, 0.5) is 4.79 Å². The normalized spacial score (nSPS) is 25.1. The number of carbonyl (C=O) groups excluding carboxylic acids is 1. The first-order valence-electron chi connectivity index (χ1n) is 6.72. The number of nitrogens with zero attached hydrogens (tertiary/aromatic N) is 4. The van der Waals surface area contributed by atoms with E-state index in [2.05, 4.69) is 22.6 Å². The van der Waals surface area contributed by atoms with E-state index in [1.54, 1.807) is 4.90 Å². The molecule has 2 unspecified atom stereocenters. The monoisotopic (exact) mass is 279 g/mol. The Bertz CT molecular complexity index is 537. The number of carboxylic acid groups (broad SMARTS) is 1. The number of carbonyl (C=O) groups is 2. The third-order valence-corrected chi connectivity index (χ3v) is 4.04. The van der Waals surface area contributed by atoms with Crippen molar-refractivity contribution >= 4 is 12.0 Å². The van der Waals surface area contributed by atoms with Gasteiger partial charge in [0.05, 0.1) is 12.2 Å². The number of hydrogen-bond donors (Lipinski definition) is 2. The fourth-order valence-electron chi connectivity index (χ4n) is 2.36. The van der Waals surface area contributed by atoms with Gasteiger partial charge in [-0.2, -0.15) is 0 Å². The van der Waals surface area contributed by atoms with Crippen molar-refractivity contribution in [3.8, 4) is 0 Å². The summed E-state index contributed by atoms with van der Waals surface area (Å²) in [7, 11) is 0. The quantitative estimate of drug-likeness (QED) is 0.820. The minimum Gasteiger partial charge on any atom is -0.476 e. The number of aromatic nitrogens is 3. The van der Waals surface area contributed by atoms with E-state index in [9.17, 15) is 9.59 Å². The highest BCUT2D eigenvalue weighted by molar-refractivity contribution is 5.84. The van der Waals surface area contributed by atoms with Crippen molar-refractivity contribution in [2.75, 3.05) is 19.6 Å². The summed E-state index contributed by atoms with van der Waals surface area (Å²) in [6, 6.07) is -0.0416. The van der Waals surface area contributed by atoms with Crippen LogP contribution in [0.5, 0.6) is 0 Å². The second kappa shape index (κ2) is 4.77. The lowest BCUT2D eigenvalue weighted by Crippen LogP contribution is -2.54. The van der Waals surface area contributed by atoms with Gasteiger partial charge in [0.1, 0.15) is 0 Å². The van der Waals surface area contributed by atoms with Gasteiger partial charge in [-0.3, -0.25) is 0 Å². The van der Waals surface area contributed by atoms with E-state index in [4.69, 9.17) is 5.11 Å². The number of amides is 2. The molecule has 0 spiro atoms. The van der Waals surface area contributed by atoms with Crippen molar-refractivity contribution in [1.29, 1.82) is 0 Å². The maximum absolute atomic E-state index is 11.8. The molecular formula is C12H17N5O3. The van der Waals surface area contributed by atoms with Gasteiger partial charge in [0, 0.05) is 19.6 Å². The van der Waals surface area contributed by atoms with Crippen LogP contribution in [-0.4, -0.2) is 56.6 Å². The van der Waals surface area contributed by atoms with Crippen LogP contribution in [0.1, 0.15) is 29.9 Å². The molecule has 2 heterocycles. The highest BCUT2D eigenvalue weighted by Gasteiger charge is 2.36. The van der Waals surface area contributed by atoms with E-state index >= 15 is 0 Å². The van der Waals surface area contributed by atoms with Crippen molar-refractivity contribution < 1.29 is 14.7 Å². The predicted molar refractivity (Wildman–Crippen MR) is 68.3 cm³/mol. The van der Waals surface area contributed by atoms with Gasteiger partial charge >= 0.3 is 12.0 Å². The largest absolute Gasteiger partial charge is 0.476 e. The first kappa shape index (κ1) is 12.9. The average Bonchev–Trinajstić information content (AvgIpc) is 2.86. The van der Waals surface area contributed by atoms with Crippen LogP contribution in [-0.2, 0) is 0 Å². The number of rotatable bonds is 4. The van der Waals surface area contributed by atoms with E-state index in [0.29, 0.717) is 19.0 Å². The summed E-state index contributed by atoms with van der Waals surface area (Å²) in [4.78, 5) is 24.2. The Morgan fingerprint density at radius 2 is 2.20 bits per heavy atom. The number of aromatic carboxylic acids is 1. The molecule has 1 aromatic rings. The summed E-state index contributed by atoms with van der Waals surface area (Å²) in [5, 5.41) is 19.0. The van der Waals surface area contributed by atoms with E-state index in [-0.39, 0.29) is 17.8 Å². The Morgan fingerprint density at radius 3 is 2.75 bits per heavy atom. The van der Waals surface area contributed by atoms with Crippen molar-refractivity contribution in [3.05, 3.63) is 11.9 Å². The molecule has 2 atom stereocenters. The summed E-state index contributed by atoms with van der Waals surface area (Å²) in [6.45, 7) is 4.00. The van der Waals surface area contributed by atoms with E-state index in [0.717, 1.165) is 12.5 Å². The molecule has 0 radical (unpaired) electrons. The van der Waals surface area contributed by atoms with E-state index < -0.39 is 5.97 Å². The molecule has 1 aliphatic carbocycles. The highest BCUT2D eigenvalue weighted by Crippen LogP contribution is 2.36. The van der Waals surface area contributed by atoms with Crippen molar-refractivity contribution in [3.63, 3.8) is 0 Å². The lowest BCUT2D eigenvalue weighted by atomic mass is 10.1. The molecule has 108 valence electrons. The molecule has 1 saturated heterocycles. The molecule has 1 saturated carbocycles. The third kappa shape index (κ3) is 2.45. The molecule has 0 aromatic carbocycles. The summed E-state index contributed by atoms with van der Waals surface area (Å²) >= 11 is 0. The summed E-state index contributed by atoms with van der Waals surface area (Å²) in [6.07, 6.45) is 2.59. The van der Waals surface area contributed by atoms with Crippen molar-refractivity contribution in [2.45, 2.75) is 19.4 Å². The minimum atomic E-state index is -1.09. The zero-order valence-electron chi connectivity index (χ0n) is 11.2. The SMILES string of the molecule is CC1CC1CNC(=O)N1CC(n2cc(C(=O)O)nn2)C1. The Kier molecular flexibility index (Phi) is 3.07. The van der Waals surface area contributed by atoms with Gasteiger partial charge in [0.25, 0.3) is 0 Å². The number of urea groups is 1. The molecule has 1 aromatic heterocycles. The molecule has 2 N–H and O–H groups in total. The Balaban J connectivity index is 1.45. The van der Waals surface area contributed by atoms with Crippen LogP contribution in [0.15, 0.2) is 6.20 Å². The van der Waals surface area contributed by atoms with Crippen molar-refractivity contribution in [1.82, 2.24) is 25.2 Å². The van der Waals surface area contributed by atoms with Crippen LogP contribution in [0, 0.1) is 11.8 Å². The number of carboxylic acids is 1. The molecular weight excluding hydrogens is 262 g/mol. The topological polar surface area (TPSA) is 100 Å². The Labute approximate surface area is 115 Å². The van der Waals surface area contributed by atoms with Gasteiger partial charge in [-0.1, -0.05) is 12.1 Å². The Morgan fingerprint density at radius 1 is 1.50 bits per heavy atom. The molecule has 8 heteroatoms. The van der Waals surface area contributed by atoms with Crippen LogP contribution in [0.25, 0.3) is 0 Å². The highest BCUT2D eigenvalue weighted by atomic mass is 16.4. The molecule has 2 aliphatic rings. The fourth-order valence-corrected chi connectivity index (χ4v) is 2.36. The van der Waals surface area contributed by atoms with E-state index in [1.165, 1.54) is 17.3 Å². The van der Waals surface area contributed by atoms with Crippen LogP contribution in [0.2, 0.25) is 0 Å². The second-order valence-electron chi connectivity index (χ2n) is 5.61. The van der Waals surface area contributed by atoms with E-state index in [1.807, 2.05) is 0 Å². The van der Waals surface area contributed by atoms with Gasteiger partial charge in [0.2, 0.25) is 0 Å². The van der Waals surface area contributed by atoms with Gasteiger partial charge in [-0.25, -0.2) is 14.3 Å². The molecule has 0 bridgehead atoms.